The predicted molar refractivity (Wildman–Crippen MR) is 146 cm³/mol. The molecule has 3 amide bonds. The number of amides is 3. The van der Waals surface area contributed by atoms with Crippen LogP contribution in [0.2, 0.25) is 0 Å². The lowest BCUT2D eigenvalue weighted by atomic mass is 10.0. The molecule has 5 rings (SSSR count). The molecule has 1 unspecified atom stereocenters. The van der Waals surface area contributed by atoms with Gasteiger partial charge >= 0.3 is 6.03 Å². The monoisotopic (exact) mass is 496 g/mol. The van der Waals surface area contributed by atoms with Gasteiger partial charge < -0.3 is 16.0 Å². The predicted octanol–water partition coefficient (Wildman–Crippen LogP) is 5.76. The lowest BCUT2D eigenvalue weighted by Crippen LogP contribution is -2.30. The molecule has 0 spiro atoms. The minimum absolute atomic E-state index is 0.102. The number of rotatable bonds is 7. The lowest BCUT2D eigenvalue weighted by molar-refractivity contribution is 0.0941. The first kappa shape index (κ1) is 24.5. The number of aromatic nitrogens is 3. The third-order valence-electron chi connectivity index (χ3n) is 6.65. The topological polar surface area (TPSA) is 101 Å². The number of hydrogen-bond acceptors (Lipinski definition) is 4. The Labute approximate surface area is 216 Å². The molecule has 1 fully saturated rings. The number of nitrogens with one attached hydrogen (secondary N) is 3. The van der Waals surface area contributed by atoms with Crippen LogP contribution in [-0.4, -0.2) is 32.7 Å². The van der Waals surface area contributed by atoms with Gasteiger partial charge in [-0.2, -0.15) is 5.10 Å². The normalized spacial score (nSPS) is 14.0. The fourth-order valence-electron chi connectivity index (χ4n) is 4.38. The molecule has 1 atom stereocenters. The molecule has 3 N–H and O–H groups in total. The van der Waals surface area contributed by atoms with E-state index in [9.17, 15) is 9.59 Å². The zero-order chi connectivity index (χ0) is 26.1. The first-order valence-corrected chi connectivity index (χ1v) is 12.7. The van der Waals surface area contributed by atoms with Crippen LogP contribution in [0.15, 0.2) is 60.8 Å². The number of benzene rings is 2. The van der Waals surface area contributed by atoms with Gasteiger partial charge in [0.1, 0.15) is 0 Å². The minimum atomic E-state index is -0.243. The van der Waals surface area contributed by atoms with E-state index in [4.69, 9.17) is 4.98 Å². The highest BCUT2D eigenvalue weighted by atomic mass is 16.2. The molecule has 8 nitrogen and oxygen atoms in total. The maximum absolute atomic E-state index is 13.6. The molecule has 0 aliphatic heterocycles. The molecule has 190 valence electrons. The second-order valence-corrected chi connectivity index (χ2v) is 9.98. The summed E-state index contributed by atoms with van der Waals surface area (Å²) in [5, 5.41) is 14.1. The van der Waals surface area contributed by atoms with E-state index >= 15 is 0 Å². The van der Waals surface area contributed by atoms with E-state index in [0.717, 1.165) is 40.6 Å². The molecule has 1 aliphatic rings. The summed E-state index contributed by atoms with van der Waals surface area (Å²) in [5.41, 5.74) is 5.68. The Bertz CT molecular complexity index is 1450. The van der Waals surface area contributed by atoms with Gasteiger partial charge in [0.2, 0.25) is 0 Å². The van der Waals surface area contributed by atoms with Gasteiger partial charge in [-0.3, -0.25) is 4.79 Å². The Hall–Kier alpha value is -4.20. The van der Waals surface area contributed by atoms with Gasteiger partial charge in [0.15, 0.2) is 5.65 Å². The number of anilines is 1. The number of aryl methyl sites for hydroxylation is 1. The van der Waals surface area contributed by atoms with Crippen LogP contribution in [0, 0.1) is 6.92 Å². The molecule has 2 aromatic heterocycles. The number of carbonyl (C=O) groups is 2. The van der Waals surface area contributed by atoms with Crippen LogP contribution in [0.3, 0.4) is 0 Å². The third-order valence-corrected chi connectivity index (χ3v) is 6.65. The zero-order valence-electron chi connectivity index (χ0n) is 21.6. The van der Waals surface area contributed by atoms with Crippen molar-refractivity contribution in [3.05, 3.63) is 77.5 Å². The van der Waals surface area contributed by atoms with Crippen molar-refractivity contribution in [2.45, 2.75) is 58.7 Å². The van der Waals surface area contributed by atoms with Gasteiger partial charge in [0.05, 0.1) is 28.9 Å². The first-order valence-electron chi connectivity index (χ1n) is 12.7. The van der Waals surface area contributed by atoms with Crippen molar-refractivity contribution in [1.82, 2.24) is 25.4 Å². The summed E-state index contributed by atoms with van der Waals surface area (Å²) in [6.07, 6.45) is 3.80. The molecule has 0 radical (unpaired) electrons. The zero-order valence-corrected chi connectivity index (χ0v) is 21.6. The largest absolute Gasteiger partial charge is 0.345 e. The molecule has 1 aliphatic carbocycles. The average Bonchev–Trinajstić information content (AvgIpc) is 3.57. The van der Waals surface area contributed by atoms with E-state index in [0.29, 0.717) is 22.9 Å². The Morgan fingerprint density at radius 1 is 1.03 bits per heavy atom. The van der Waals surface area contributed by atoms with E-state index in [1.165, 1.54) is 0 Å². The van der Waals surface area contributed by atoms with Crippen LogP contribution in [0.25, 0.3) is 22.3 Å². The SMILES string of the molecule is Cc1ccccc1-c1cc(C(=O)NC(C)c2ccc(NC(=O)NC3CC3)cc2)c2cnn(C(C)C)c2n1. The smallest absolute Gasteiger partial charge is 0.319 e. The van der Waals surface area contributed by atoms with Gasteiger partial charge in [-0.15, -0.1) is 0 Å². The van der Waals surface area contributed by atoms with Crippen LogP contribution < -0.4 is 16.0 Å². The summed E-state index contributed by atoms with van der Waals surface area (Å²) in [4.78, 5) is 30.5. The van der Waals surface area contributed by atoms with Crippen LogP contribution in [0.4, 0.5) is 10.5 Å². The maximum atomic E-state index is 13.6. The van der Waals surface area contributed by atoms with E-state index in [2.05, 4.69) is 21.0 Å². The van der Waals surface area contributed by atoms with Crippen LogP contribution in [0.1, 0.15) is 67.2 Å². The quantitative estimate of drug-likeness (QED) is 0.303. The van der Waals surface area contributed by atoms with E-state index < -0.39 is 0 Å². The highest BCUT2D eigenvalue weighted by Crippen LogP contribution is 2.29. The number of hydrogen-bond donors (Lipinski definition) is 3. The molecule has 2 aromatic carbocycles. The third kappa shape index (κ3) is 5.33. The van der Waals surface area contributed by atoms with Gasteiger partial charge in [-0.25, -0.2) is 14.5 Å². The fourth-order valence-corrected chi connectivity index (χ4v) is 4.38. The molecular weight excluding hydrogens is 464 g/mol. The molecule has 37 heavy (non-hydrogen) atoms. The Balaban J connectivity index is 1.40. The number of fused-ring (bicyclic) bond motifs is 1. The van der Waals surface area contributed by atoms with Gasteiger partial charge in [-0.1, -0.05) is 36.4 Å². The molecule has 0 bridgehead atoms. The molecule has 0 saturated heterocycles. The van der Waals surface area contributed by atoms with Crippen molar-refractivity contribution < 1.29 is 9.59 Å². The van der Waals surface area contributed by atoms with Crippen molar-refractivity contribution in [3.63, 3.8) is 0 Å². The summed E-state index contributed by atoms with van der Waals surface area (Å²) in [6, 6.07) is 17.4. The minimum Gasteiger partial charge on any atom is -0.345 e. The second-order valence-electron chi connectivity index (χ2n) is 9.98. The molecule has 8 heteroatoms. The molecular formula is C29H32N6O2. The van der Waals surface area contributed by atoms with Crippen LogP contribution >= 0.6 is 0 Å². The van der Waals surface area contributed by atoms with Gasteiger partial charge in [0, 0.05) is 23.3 Å². The Morgan fingerprint density at radius 3 is 2.43 bits per heavy atom. The number of urea groups is 1. The number of nitrogens with zero attached hydrogens (tertiary/aromatic N) is 3. The second kappa shape index (κ2) is 10.0. The van der Waals surface area contributed by atoms with E-state index in [-0.39, 0.29) is 24.0 Å². The van der Waals surface area contributed by atoms with Gasteiger partial charge in [-0.05, 0) is 69.9 Å². The van der Waals surface area contributed by atoms with Crippen molar-refractivity contribution >= 4 is 28.7 Å². The number of carbonyl (C=O) groups excluding carboxylic acids is 2. The lowest BCUT2D eigenvalue weighted by Gasteiger charge is -2.17. The van der Waals surface area contributed by atoms with Crippen LogP contribution in [0.5, 0.6) is 0 Å². The number of pyridine rings is 1. The molecule has 4 aromatic rings. The summed E-state index contributed by atoms with van der Waals surface area (Å²) >= 11 is 0. The summed E-state index contributed by atoms with van der Waals surface area (Å²) < 4.78 is 1.85. The summed E-state index contributed by atoms with van der Waals surface area (Å²) in [7, 11) is 0. The average molecular weight is 497 g/mol. The maximum Gasteiger partial charge on any atom is 0.319 e. The summed E-state index contributed by atoms with van der Waals surface area (Å²) in [6.45, 7) is 8.07. The highest BCUT2D eigenvalue weighted by molar-refractivity contribution is 6.06. The molecule has 1 saturated carbocycles. The van der Waals surface area contributed by atoms with Crippen LogP contribution in [-0.2, 0) is 0 Å². The van der Waals surface area contributed by atoms with Crippen molar-refractivity contribution in [2.75, 3.05) is 5.32 Å². The fraction of sp³-hybridized carbons (Fsp3) is 0.310. The first-order chi connectivity index (χ1) is 17.8. The summed E-state index contributed by atoms with van der Waals surface area (Å²) in [5.74, 6) is -0.191. The van der Waals surface area contributed by atoms with E-state index in [1.807, 2.05) is 87.0 Å². The standard InChI is InChI=1S/C29H32N6O2/c1-17(2)35-27-25(16-30-35)24(15-26(34-27)23-8-6-5-7-18(23)3)28(36)31-19(4)20-9-11-21(12-10-20)32-29(37)33-22-13-14-22/h5-12,15-17,19,22H,13-14H2,1-4H3,(H,31,36)(H2,32,33,37). The van der Waals surface area contributed by atoms with E-state index in [1.54, 1.807) is 6.20 Å². The van der Waals surface area contributed by atoms with Gasteiger partial charge in [0.25, 0.3) is 5.91 Å². The Morgan fingerprint density at radius 2 is 1.76 bits per heavy atom. The van der Waals surface area contributed by atoms with Crippen molar-refractivity contribution in [1.29, 1.82) is 0 Å². The highest BCUT2D eigenvalue weighted by Gasteiger charge is 2.23. The Kier molecular flexibility index (Phi) is 6.65. The van der Waals surface area contributed by atoms with Crippen molar-refractivity contribution in [3.8, 4) is 11.3 Å². The van der Waals surface area contributed by atoms with Crippen molar-refractivity contribution in [2.24, 2.45) is 0 Å². The molecule has 2 heterocycles.